The third-order valence-electron chi connectivity index (χ3n) is 3.55. The quantitative estimate of drug-likeness (QED) is 0.698. The van der Waals surface area contributed by atoms with Crippen LogP contribution in [-0.4, -0.2) is 26.1 Å². The highest BCUT2D eigenvalue weighted by molar-refractivity contribution is 7.92. The number of para-hydroxylation sites is 1. The number of hydrogen-bond donors (Lipinski definition) is 2. The van der Waals surface area contributed by atoms with E-state index in [1.54, 1.807) is 25.1 Å². The van der Waals surface area contributed by atoms with Crippen molar-refractivity contribution in [2.24, 2.45) is 0 Å². The third-order valence-corrected chi connectivity index (χ3v) is 4.93. The highest BCUT2D eigenvalue weighted by Crippen LogP contribution is 2.28. The first-order chi connectivity index (χ1) is 11.8. The van der Waals surface area contributed by atoms with Gasteiger partial charge in [-0.25, -0.2) is 13.2 Å². The maximum atomic E-state index is 12.8. The minimum atomic E-state index is -4.00. The van der Waals surface area contributed by atoms with Gasteiger partial charge in [-0.05, 0) is 43.2 Å². The second kappa shape index (κ2) is 8.02. The number of ether oxygens (including phenoxy) is 1. The van der Waals surface area contributed by atoms with Crippen molar-refractivity contribution in [3.8, 4) is 5.75 Å². The van der Waals surface area contributed by atoms with Gasteiger partial charge in [-0.1, -0.05) is 31.5 Å². The summed E-state index contributed by atoms with van der Waals surface area (Å²) in [6.07, 6.45) is 1.74. The van der Waals surface area contributed by atoms with Crippen molar-refractivity contribution in [1.82, 2.24) is 0 Å². The SMILES string of the molecule is CCCCOc1ccc(C)cc1S(=O)(=O)Nc1ccccc1C(=O)O. The van der Waals surface area contributed by atoms with Crippen LogP contribution in [0, 0.1) is 6.92 Å². The lowest BCUT2D eigenvalue weighted by Gasteiger charge is -2.15. The fourth-order valence-electron chi connectivity index (χ4n) is 2.23. The third kappa shape index (κ3) is 4.73. The summed E-state index contributed by atoms with van der Waals surface area (Å²) < 4.78 is 33.5. The maximum Gasteiger partial charge on any atom is 0.337 e. The summed E-state index contributed by atoms with van der Waals surface area (Å²) in [7, 11) is -4.00. The molecule has 0 aliphatic carbocycles. The van der Waals surface area contributed by atoms with Crippen molar-refractivity contribution in [2.75, 3.05) is 11.3 Å². The number of benzene rings is 2. The van der Waals surface area contributed by atoms with E-state index in [1.807, 2.05) is 6.92 Å². The van der Waals surface area contributed by atoms with Gasteiger partial charge in [-0.3, -0.25) is 4.72 Å². The largest absolute Gasteiger partial charge is 0.492 e. The van der Waals surface area contributed by atoms with Crippen molar-refractivity contribution in [3.05, 3.63) is 53.6 Å². The number of rotatable bonds is 8. The molecule has 0 saturated carbocycles. The fraction of sp³-hybridized carbons (Fsp3) is 0.278. The molecule has 0 aromatic heterocycles. The van der Waals surface area contributed by atoms with Gasteiger partial charge in [0.15, 0.2) is 0 Å². The van der Waals surface area contributed by atoms with Gasteiger partial charge in [0.1, 0.15) is 10.6 Å². The smallest absolute Gasteiger partial charge is 0.337 e. The van der Waals surface area contributed by atoms with E-state index in [-0.39, 0.29) is 21.9 Å². The number of anilines is 1. The van der Waals surface area contributed by atoms with E-state index >= 15 is 0 Å². The number of carboxylic acids is 1. The summed E-state index contributed by atoms with van der Waals surface area (Å²) in [6.45, 7) is 4.20. The molecule has 0 radical (unpaired) electrons. The van der Waals surface area contributed by atoms with Crippen LogP contribution in [0.1, 0.15) is 35.7 Å². The first-order valence-corrected chi connectivity index (χ1v) is 9.42. The van der Waals surface area contributed by atoms with Crippen LogP contribution >= 0.6 is 0 Å². The number of sulfonamides is 1. The molecule has 0 saturated heterocycles. The van der Waals surface area contributed by atoms with Crippen molar-refractivity contribution in [1.29, 1.82) is 0 Å². The van der Waals surface area contributed by atoms with E-state index in [4.69, 9.17) is 4.74 Å². The van der Waals surface area contributed by atoms with Gasteiger partial charge >= 0.3 is 5.97 Å². The molecule has 2 rings (SSSR count). The monoisotopic (exact) mass is 363 g/mol. The first kappa shape index (κ1) is 18.8. The zero-order chi connectivity index (χ0) is 18.4. The van der Waals surface area contributed by atoms with E-state index in [2.05, 4.69) is 4.72 Å². The van der Waals surface area contributed by atoms with Crippen molar-refractivity contribution in [3.63, 3.8) is 0 Å². The van der Waals surface area contributed by atoms with Crippen molar-refractivity contribution < 1.29 is 23.1 Å². The fourth-order valence-corrected chi connectivity index (χ4v) is 3.54. The van der Waals surface area contributed by atoms with Crippen LogP contribution in [0.25, 0.3) is 0 Å². The molecule has 0 heterocycles. The normalized spacial score (nSPS) is 11.1. The summed E-state index contributed by atoms with van der Waals surface area (Å²) in [5.41, 5.74) is 0.651. The summed E-state index contributed by atoms with van der Waals surface area (Å²) in [5.74, 6) is -0.957. The Morgan fingerprint density at radius 3 is 2.60 bits per heavy atom. The topological polar surface area (TPSA) is 92.7 Å². The van der Waals surface area contributed by atoms with E-state index < -0.39 is 16.0 Å². The number of carboxylic acid groups (broad SMARTS) is 1. The van der Waals surface area contributed by atoms with Crippen LogP contribution in [0.3, 0.4) is 0 Å². The minimum absolute atomic E-state index is 0.0102. The van der Waals surface area contributed by atoms with Crippen molar-refractivity contribution in [2.45, 2.75) is 31.6 Å². The van der Waals surface area contributed by atoms with Gasteiger partial charge in [-0.2, -0.15) is 0 Å². The summed E-state index contributed by atoms with van der Waals surface area (Å²) in [6, 6.07) is 10.7. The van der Waals surface area contributed by atoms with E-state index in [0.29, 0.717) is 6.61 Å². The molecule has 0 unspecified atom stereocenters. The summed E-state index contributed by atoms with van der Waals surface area (Å²) in [4.78, 5) is 11.3. The molecule has 134 valence electrons. The van der Waals surface area contributed by atoms with Crippen LogP contribution in [0.2, 0.25) is 0 Å². The molecule has 0 amide bonds. The second-order valence-electron chi connectivity index (χ2n) is 5.61. The van der Waals surface area contributed by atoms with E-state index in [1.165, 1.54) is 24.3 Å². The van der Waals surface area contributed by atoms with E-state index in [0.717, 1.165) is 18.4 Å². The molecule has 0 fully saturated rings. The van der Waals surface area contributed by atoms with Gasteiger partial charge in [0.05, 0.1) is 17.9 Å². The maximum absolute atomic E-state index is 12.8. The number of aryl methyl sites for hydroxylation is 1. The lowest BCUT2D eigenvalue weighted by Crippen LogP contribution is -2.17. The molecule has 2 aromatic rings. The number of hydrogen-bond acceptors (Lipinski definition) is 4. The lowest BCUT2D eigenvalue weighted by atomic mass is 10.2. The van der Waals surface area contributed by atoms with Gasteiger partial charge in [0.2, 0.25) is 0 Å². The zero-order valence-electron chi connectivity index (χ0n) is 14.2. The molecule has 25 heavy (non-hydrogen) atoms. The van der Waals surface area contributed by atoms with Gasteiger partial charge in [-0.15, -0.1) is 0 Å². The van der Waals surface area contributed by atoms with Crippen molar-refractivity contribution >= 4 is 21.7 Å². The number of nitrogens with one attached hydrogen (secondary N) is 1. The average molecular weight is 363 g/mol. The number of carbonyl (C=O) groups is 1. The van der Waals surface area contributed by atoms with Gasteiger partial charge in [0.25, 0.3) is 10.0 Å². The molecule has 0 aliphatic heterocycles. The second-order valence-corrected chi connectivity index (χ2v) is 7.26. The molecule has 0 aliphatic rings. The highest BCUT2D eigenvalue weighted by atomic mass is 32.2. The molecule has 0 spiro atoms. The Balaban J connectivity index is 2.40. The molecule has 7 heteroatoms. The zero-order valence-corrected chi connectivity index (χ0v) is 15.0. The highest BCUT2D eigenvalue weighted by Gasteiger charge is 2.22. The molecule has 0 bridgehead atoms. The Hall–Kier alpha value is -2.54. The Bertz CT molecular complexity index is 862. The standard InChI is InChI=1S/C18H21NO5S/c1-3-4-11-24-16-10-9-13(2)12-17(16)25(22,23)19-15-8-6-5-7-14(15)18(20)21/h5-10,12,19H,3-4,11H2,1-2H3,(H,20,21). The summed E-state index contributed by atoms with van der Waals surface area (Å²) in [5, 5.41) is 9.22. The number of unbranched alkanes of at least 4 members (excludes halogenated alkanes) is 1. The molecule has 0 atom stereocenters. The predicted octanol–water partition coefficient (Wildman–Crippen LogP) is 3.67. The average Bonchev–Trinajstić information content (AvgIpc) is 2.56. The van der Waals surface area contributed by atoms with Crippen LogP contribution in [0.5, 0.6) is 5.75 Å². The summed E-state index contributed by atoms with van der Waals surface area (Å²) >= 11 is 0. The van der Waals surface area contributed by atoms with E-state index in [9.17, 15) is 18.3 Å². The number of aromatic carboxylic acids is 1. The lowest BCUT2D eigenvalue weighted by molar-refractivity contribution is 0.0698. The molecular weight excluding hydrogens is 342 g/mol. The van der Waals surface area contributed by atoms with Crippen LogP contribution in [0.4, 0.5) is 5.69 Å². The molecule has 6 nitrogen and oxygen atoms in total. The van der Waals surface area contributed by atoms with Crippen LogP contribution < -0.4 is 9.46 Å². The molecular formula is C18H21NO5S. The Morgan fingerprint density at radius 1 is 1.20 bits per heavy atom. The minimum Gasteiger partial charge on any atom is -0.492 e. The Labute approximate surface area is 147 Å². The molecule has 2 N–H and O–H groups in total. The van der Waals surface area contributed by atoms with Crippen LogP contribution in [0.15, 0.2) is 47.4 Å². The van der Waals surface area contributed by atoms with Gasteiger partial charge < -0.3 is 9.84 Å². The Kier molecular flexibility index (Phi) is 6.03. The first-order valence-electron chi connectivity index (χ1n) is 7.93. The van der Waals surface area contributed by atoms with Crippen LogP contribution in [-0.2, 0) is 10.0 Å². The predicted molar refractivity (Wildman–Crippen MR) is 95.8 cm³/mol. The van der Waals surface area contributed by atoms with Gasteiger partial charge in [0, 0.05) is 0 Å². The molecule has 2 aromatic carbocycles. The Morgan fingerprint density at radius 2 is 1.92 bits per heavy atom.